The number of ether oxygens (including phenoxy) is 2. The van der Waals surface area contributed by atoms with E-state index in [4.69, 9.17) is 9.47 Å². The summed E-state index contributed by atoms with van der Waals surface area (Å²) in [5, 5.41) is 0. The van der Waals surface area contributed by atoms with Gasteiger partial charge in [-0.15, -0.1) is 0 Å². The topological polar surface area (TPSA) is 76.7 Å². The molecule has 0 bridgehead atoms. The summed E-state index contributed by atoms with van der Waals surface area (Å²) in [6, 6.07) is 14.9. The maximum atomic E-state index is 11.7. The monoisotopic (exact) mass is 342 g/mol. The molecule has 0 atom stereocenters. The fourth-order valence-corrected chi connectivity index (χ4v) is 2.04. The lowest BCUT2D eigenvalue weighted by Gasteiger charge is -2.11. The van der Waals surface area contributed by atoms with Gasteiger partial charge in [-0.3, -0.25) is 20.4 Å². The lowest BCUT2D eigenvalue weighted by Crippen LogP contribution is -2.45. The van der Waals surface area contributed by atoms with Crippen LogP contribution in [0, 0.1) is 6.92 Å². The van der Waals surface area contributed by atoms with Gasteiger partial charge in [-0.1, -0.05) is 37.3 Å². The van der Waals surface area contributed by atoms with E-state index in [2.05, 4.69) is 17.8 Å². The minimum Gasteiger partial charge on any atom is -0.484 e. The van der Waals surface area contributed by atoms with Crippen LogP contribution in [-0.2, 0) is 16.0 Å². The van der Waals surface area contributed by atoms with E-state index < -0.39 is 11.8 Å². The molecule has 0 aliphatic rings. The molecule has 2 N–H and O–H groups in total. The fraction of sp³-hybridized carbons (Fsp3) is 0.263. The van der Waals surface area contributed by atoms with Crippen LogP contribution in [0.5, 0.6) is 11.5 Å². The van der Waals surface area contributed by atoms with E-state index in [-0.39, 0.29) is 13.2 Å². The van der Waals surface area contributed by atoms with Gasteiger partial charge in [-0.05, 0) is 42.7 Å². The summed E-state index contributed by atoms with van der Waals surface area (Å²) in [4.78, 5) is 23.4. The summed E-state index contributed by atoms with van der Waals surface area (Å²) < 4.78 is 10.7. The Morgan fingerprint density at radius 2 is 1.48 bits per heavy atom. The number of benzene rings is 2. The Morgan fingerprint density at radius 1 is 0.880 bits per heavy atom. The highest BCUT2D eigenvalue weighted by Gasteiger charge is 2.07. The summed E-state index contributed by atoms with van der Waals surface area (Å²) in [5.41, 5.74) is 6.69. The Labute approximate surface area is 147 Å². The van der Waals surface area contributed by atoms with Crippen LogP contribution in [0.25, 0.3) is 0 Å². The van der Waals surface area contributed by atoms with Gasteiger partial charge >= 0.3 is 0 Å². The Kier molecular flexibility index (Phi) is 6.83. The molecule has 0 fully saturated rings. The number of hydrogen-bond donors (Lipinski definition) is 2. The average molecular weight is 342 g/mol. The first-order chi connectivity index (χ1) is 12.1. The normalized spacial score (nSPS) is 10.0. The highest BCUT2D eigenvalue weighted by atomic mass is 16.5. The summed E-state index contributed by atoms with van der Waals surface area (Å²) in [6.07, 6.45) is 0.942. The molecule has 0 heterocycles. The lowest BCUT2D eigenvalue weighted by molar-refractivity contribution is -0.131. The van der Waals surface area contributed by atoms with Crippen molar-refractivity contribution in [2.75, 3.05) is 13.2 Å². The van der Waals surface area contributed by atoms with Gasteiger partial charge < -0.3 is 9.47 Å². The predicted molar refractivity (Wildman–Crippen MR) is 94.3 cm³/mol. The number of para-hydroxylation sites is 1. The zero-order valence-electron chi connectivity index (χ0n) is 14.4. The van der Waals surface area contributed by atoms with E-state index in [1.807, 2.05) is 37.3 Å². The van der Waals surface area contributed by atoms with Gasteiger partial charge in [-0.2, -0.15) is 0 Å². The molecule has 0 radical (unpaired) electrons. The molecule has 2 aromatic carbocycles. The molecular weight excluding hydrogens is 320 g/mol. The molecule has 2 aromatic rings. The zero-order valence-corrected chi connectivity index (χ0v) is 14.4. The van der Waals surface area contributed by atoms with E-state index in [0.717, 1.165) is 12.0 Å². The predicted octanol–water partition coefficient (Wildman–Crippen LogP) is 2.16. The molecule has 0 spiro atoms. The largest absolute Gasteiger partial charge is 0.484 e. The van der Waals surface area contributed by atoms with E-state index in [1.54, 1.807) is 18.2 Å². The second-order valence-electron chi connectivity index (χ2n) is 5.44. The summed E-state index contributed by atoms with van der Waals surface area (Å²) >= 11 is 0. The second kappa shape index (κ2) is 9.32. The van der Waals surface area contributed by atoms with E-state index in [0.29, 0.717) is 11.5 Å². The van der Waals surface area contributed by atoms with E-state index in [9.17, 15) is 9.59 Å². The Morgan fingerprint density at radius 3 is 2.08 bits per heavy atom. The molecular formula is C19H22N2O4. The van der Waals surface area contributed by atoms with Crippen molar-refractivity contribution in [3.8, 4) is 11.5 Å². The van der Waals surface area contributed by atoms with Crippen molar-refractivity contribution in [2.45, 2.75) is 20.3 Å². The number of amides is 2. The van der Waals surface area contributed by atoms with Crippen LogP contribution in [0.4, 0.5) is 0 Å². The van der Waals surface area contributed by atoms with Gasteiger partial charge in [0.15, 0.2) is 13.2 Å². The summed E-state index contributed by atoms with van der Waals surface area (Å²) in [7, 11) is 0. The third-order valence-corrected chi connectivity index (χ3v) is 3.50. The van der Waals surface area contributed by atoms with Gasteiger partial charge in [0.2, 0.25) is 0 Å². The number of nitrogens with one attached hydrogen (secondary N) is 2. The molecule has 0 aliphatic heterocycles. The Balaban J connectivity index is 1.66. The van der Waals surface area contributed by atoms with Crippen LogP contribution >= 0.6 is 0 Å². The minimum atomic E-state index is -0.455. The highest BCUT2D eigenvalue weighted by Crippen LogP contribution is 2.15. The molecule has 132 valence electrons. The standard InChI is InChI=1S/C19H22N2O4/c1-3-15-8-10-16(11-9-15)24-12-18(22)20-21-19(23)13-25-17-7-5-4-6-14(17)2/h4-11H,3,12-13H2,1-2H3,(H,20,22)(H,21,23). The van der Waals surface area contributed by atoms with E-state index in [1.165, 1.54) is 5.56 Å². The van der Waals surface area contributed by atoms with Crippen LogP contribution in [0.3, 0.4) is 0 Å². The number of hydrazine groups is 1. The third-order valence-electron chi connectivity index (χ3n) is 3.50. The van der Waals surface area contributed by atoms with Crippen molar-refractivity contribution >= 4 is 11.8 Å². The van der Waals surface area contributed by atoms with Crippen LogP contribution in [0.15, 0.2) is 48.5 Å². The summed E-state index contributed by atoms with van der Waals surface area (Å²) in [5.74, 6) is 0.317. The molecule has 25 heavy (non-hydrogen) atoms. The number of carbonyl (C=O) groups is 2. The molecule has 2 amide bonds. The lowest BCUT2D eigenvalue weighted by atomic mass is 10.2. The van der Waals surface area contributed by atoms with Crippen LogP contribution < -0.4 is 20.3 Å². The van der Waals surface area contributed by atoms with Crippen molar-refractivity contribution in [1.29, 1.82) is 0 Å². The van der Waals surface area contributed by atoms with Crippen molar-refractivity contribution in [3.05, 3.63) is 59.7 Å². The molecule has 0 unspecified atom stereocenters. The first kappa shape index (κ1) is 18.3. The van der Waals surface area contributed by atoms with Gasteiger partial charge in [0.05, 0.1) is 0 Å². The zero-order chi connectivity index (χ0) is 18.1. The number of carbonyl (C=O) groups excluding carboxylic acids is 2. The fourth-order valence-electron chi connectivity index (χ4n) is 2.04. The molecule has 6 nitrogen and oxygen atoms in total. The van der Waals surface area contributed by atoms with E-state index >= 15 is 0 Å². The van der Waals surface area contributed by atoms with Gasteiger partial charge in [-0.25, -0.2) is 0 Å². The molecule has 6 heteroatoms. The maximum Gasteiger partial charge on any atom is 0.276 e. The highest BCUT2D eigenvalue weighted by molar-refractivity contribution is 5.83. The molecule has 0 aliphatic carbocycles. The first-order valence-electron chi connectivity index (χ1n) is 8.06. The Hall–Kier alpha value is -3.02. The Bertz CT molecular complexity index is 714. The van der Waals surface area contributed by atoms with Crippen LogP contribution in [0.1, 0.15) is 18.1 Å². The number of aryl methyl sites for hydroxylation is 2. The van der Waals surface area contributed by atoms with Gasteiger partial charge in [0.25, 0.3) is 11.8 Å². The minimum absolute atomic E-state index is 0.190. The van der Waals surface area contributed by atoms with Crippen LogP contribution in [0.2, 0.25) is 0 Å². The van der Waals surface area contributed by atoms with Crippen molar-refractivity contribution in [1.82, 2.24) is 10.9 Å². The average Bonchev–Trinajstić information content (AvgIpc) is 2.64. The quantitative estimate of drug-likeness (QED) is 0.756. The SMILES string of the molecule is CCc1ccc(OCC(=O)NNC(=O)COc2ccccc2C)cc1. The van der Waals surface area contributed by atoms with Crippen molar-refractivity contribution < 1.29 is 19.1 Å². The molecule has 2 rings (SSSR count). The smallest absolute Gasteiger partial charge is 0.276 e. The summed E-state index contributed by atoms with van der Waals surface area (Å²) in [6.45, 7) is 3.57. The molecule has 0 saturated carbocycles. The number of hydrogen-bond acceptors (Lipinski definition) is 4. The van der Waals surface area contributed by atoms with Crippen LogP contribution in [-0.4, -0.2) is 25.0 Å². The van der Waals surface area contributed by atoms with Gasteiger partial charge in [0, 0.05) is 0 Å². The van der Waals surface area contributed by atoms with Crippen molar-refractivity contribution in [3.63, 3.8) is 0 Å². The maximum absolute atomic E-state index is 11.7. The van der Waals surface area contributed by atoms with Gasteiger partial charge in [0.1, 0.15) is 11.5 Å². The second-order valence-corrected chi connectivity index (χ2v) is 5.44. The first-order valence-corrected chi connectivity index (χ1v) is 8.06. The number of rotatable bonds is 7. The molecule has 0 aromatic heterocycles. The third kappa shape index (κ3) is 6.18. The van der Waals surface area contributed by atoms with Crippen molar-refractivity contribution in [2.24, 2.45) is 0 Å². The molecule has 0 saturated heterocycles.